The van der Waals surface area contributed by atoms with E-state index in [1.165, 1.54) is 25.3 Å². The molecule has 1 heterocycles. The summed E-state index contributed by atoms with van der Waals surface area (Å²) >= 11 is 2.08. The minimum atomic E-state index is 0.917. The van der Waals surface area contributed by atoms with E-state index < -0.39 is 0 Å². The van der Waals surface area contributed by atoms with Gasteiger partial charge in [0.15, 0.2) is 0 Å². The van der Waals surface area contributed by atoms with Crippen LogP contribution in [0.3, 0.4) is 0 Å². The molecule has 0 saturated carbocycles. The van der Waals surface area contributed by atoms with Crippen LogP contribution in [-0.2, 0) is 0 Å². The van der Waals surface area contributed by atoms with Crippen LogP contribution < -0.4 is 5.32 Å². The first-order chi connectivity index (χ1) is 3.93. The Labute approximate surface area is 55.2 Å². The van der Waals surface area contributed by atoms with Crippen molar-refractivity contribution in [3.05, 3.63) is 0 Å². The smallest absolute Gasteiger partial charge is 0.0184 e. The van der Waals surface area contributed by atoms with E-state index in [2.05, 4.69) is 24.0 Å². The summed E-state index contributed by atoms with van der Waals surface area (Å²) in [6, 6.07) is 0. The predicted molar refractivity (Wildman–Crippen MR) is 39.4 cm³/mol. The molecular weight excluding hydrogens is 118 g/mol. The Morgan fingerprint density at radius 1 is 1.75 bits per heavy atom. The molecule has 0 spiro atoms. The summed E-state index contributed by atoms with van der Waals surface area (Å²) < 4.78 is 0. The molecule has 0 bridgehead atoms. The Morgan fingerprint density at radius 3 is 3.12 bits per heavy atom. The van der Waals surface area contributed by atoms with E-state index in [9.17, 15) is 0 Å². The van der Waals surface area contributed by atoms with Crippen molar-refractivity contribution in [2.24, 2.45) is 0 Å². The number of thioether (sulfide) groups is 1. The van der Waals surface area contributed by atoms with Crippen molar-refractivity contribution in [3.8, 4) is 0 Å². The van der Waals surface area contributed by atoms with Gasteiger partial charge in [0.05, 0.1) is 0 Å². The fourth-order valence-corrected chi connectivity index (χ4v) is 2.00. The van der Waals surface area contributed by atoms with E-state index in [1.807, 2.05) is 0 Å². The highest BCUT2D eigenvalue weighted by molar-refractivity contribution is 7.99. The monoisotopic (exact) mass is 131 g/mol. The van der Waals surface area contributed by atoms with Crippen LogP contribution in [0, 0.1) is 0 Å². The van der Waals surface area contributed by atoms with E-state index in [1.54, 1.807) is 0 Å². The summed E-state index contributed by atoms with van der Waals surface area (Å²) in [5.41, 5.74) is 0. The molecule has 1 aliphatic heterocycles. The summed E-state index contributed by atoms with van der Waals surface area (Å²) in [5, 5.41) is 4.25. The Morgan fingerprint density at radius 2 is 2.62 bits per heavy atom. The summed E-state index contributed by atoms with van der Waals surface area (Å²) in [5.74, 6) is 1.27. The molecule has 1 nitrogen and oxygen atoms in total. The molecule has 1 atom stereocenters. The first-order valence-electron chi connectivity index (χ1n) is 3.26. The molecule has 0 aliphatic carbocycles. The molecule has 0 aromatic carbocycles. The molecule has 0 amide bonds. The number of nitrogens with one attached hydrogen (secondary N) is 1. The highest BCUT2D eigenvalue weighted by atomic mass is 32.2. The zero-order valence-corrected chi connectivity index (χ0v) is 6.13. The average Bonchev–Trinajstić information content (AvgIpc) is 2.19. The number of rotatable bonds is 2. The Bertz CT molecular complexity index is 59.5. The fraction of sp³-hybridized carbons (Fsp3) is 1.00. The minimum Gasteiger partial charge on any atom is -0.316 e. The third kappa shape index (κ3) is 1.67. The maximum absolute atomic E-state index is 3.34. The van der Waals surface area contributed by atoms with Gasteiger partial charge in [0, 0.05) is 11.8 Å². The maximum atomic E-state index is 3.34. The van der Waals surface area contributed by atoms with E-state index >= 15 is 0 Å². The molecule has 2 heteroatoms. The summed E-state index contributed by atoms with van der Waals surface area (Å²) in [6.07, 6.45) is 1.37. The molecule has 1 N–H and O–H groups in total. The van der Waals surface area contributed by atoms with Gasteiger partial charge < -0.3 is 5.32 Å². The van der Waals surface area contributed by atoms with E-state index in [-0.39, 0.29) is 0 Å². The lowest BCUT2D eigenvalue weighted by Gasteiger charge is -2.02. The molecule has 8 heavy (non-hydrogen) atoms. The number of hydrogen-bond donors (Lipinski definition) is 1. The van der Waals surface area contributed by atoms with Gasteiger partial charge in [0.2, 0.25) is 0 Å². The molecule has 0 radical (unpaired) electrons. The molecule has 1 saturated heterocycles. The van der Waals surface area contributed by atoms with Crippen molar-refractivity contribution in [1.29, 1.82) is 0 Å². The van der Waals surface area contributed by atoms with Gasteiger partial charge in [-0.1, -0.05) is 6.92 Å². The van der Waals surface area contributed by atoms with Gasteiger partial charge in [0.25, 0.3) is 0 Å². The lowest BCUT2D eigenvalue weighted by atomic mass is 10.4. The van der Waals surface area contributed by atoms with E-state index in [4.69, 9.17) is 0 Å². The van der Waals surface area contributed by atoms with Gasteiger partial charge in [-0.25, -0.2) is 0 Å². The van der Waals surface area contributed by atoms with Crippen LogP contribution in [0.5, 0.6) is 0 Å². The molecule has 1 rings (SSSR count). The van der Waals surface area contributed by atoms with Crippen LogP contribution in [0.4, 0.5) is 0 Å². The Hall–Kier alpha value is 0.310. The van der Waals surface area contributed by atoms with Gasteiger partial charge in [-0.05, 0) is 18.7 Å². The maximum Gasteiger partial charge on any atom is 0.0184 e. The second-order valence-electron chi connectivity index (χ2n) is 2.07. The Balaban J connectivity index is 2.06. The molecule has 0 aromatic heterocycles. The molecule has 0 aromatic rings. The van der Waals surface area contributed by atoms with Crippen LogP contribution in [0.15, 0.2) is 0 Å². The Kier molecular flexibility index (Phi) is 2.70. The van der Waals surface area contributed by atoms with Gasteiger partial charge in [-0.2, -0.15) is 11.8 Å². The third-order valence-electron chi connectivity index (χ3n) is 1.42. The van der Waals surface area contributed by atoms with Crippen LogP contribution in [0.2, 0.25) is 0 Å². The first-order valence-corrected chi connectivity index (χ1v) is 4.30. The van der Waals surface area contributed by atoms with Gasteiger partial charge >= 0.3 is 0 Å². The topological polar surface area (TPSA) is 12.0 Å². The van der Waals surface area contributed by atoms with Crippen LogP contribution in [0.25, 0.3) is 0 Å². The standard InChI is InChI=1S/C6H13NS/c1-2-8-6-3-4-7-5-6/h6-7H,2-5H2,1H3. The highest BCUT2D eigenvalue weighted by Gasteiger charge is 2.12. The summed E-state index contributed by atoms with van der Waals surface area (Å²) in [7, 11) is 0. The SMILES string of the molecule is CCSC1CCNC1. The number of hydrogen-bond acceptors (Lipinski definition) is 2. The third-order valence-corrected chi connectivity index (χ3v) is 2.62. The molecule has 1 aliphatic rings. The van der Waals surface area contributed by atoms with Crippen molar-refractivity contribution in [3.63, 3.8) is 0 Å². The quantitative estimate of drug-likeness (QED) is 0.602. The predicted octanol–water partition coefficient (Wildman–Crippen LogP) is 1.10. The molecule has 1 fully saturated rings. The second kappa shape index (κ2) is 3.36. The first kappa shape index (κ1) is 6.43. The van der Waals surface area contributed by atoms with Crippen molar-refractivity contribution in [2.45, 2.75) is 18.6 Å². The summed E-state index contributed by atoms with van der Waals surface area (Å²) in [6.45, 7) is 4.69. The molecular formula is C6H13NS. The van der Waals surface area contributed by atoms with Crippen molar-refractivity contribution >= 4 is 11.8 Å². The largest absolute Gasteiger partial charge is 0.316 e. The van der Waals surface area contributed by atoms with Crippen LogP contribution in [0.1, 0.15) is 13.3 Å². The zero-order chi connectivity index (χ0) is 5.82. The van der Waals surface area contributed by atoms with Crippen molar-refractivity contribution in [2.75, 3.05) is 18.8 Å². The van der Waals surface area contributed by atoms with Crippen molar-refractivity contribution < 1.29 is 0 Å². The lowest BCUT2D eigenvalue weighted by Crippen LogP contribution is -2.10. The molecule has 48 valence electrons. The van der Waals surface area contributed by atoms with Gasteiger partial charge in [-0.3, -0.25) is 0 Å². The van der Waals surface area contributed by atoms with Gasteiger partial charge in [0.1, 0.15) is 0 Å². The van der Waals surface area contributed by atoms with Crippen LogP contribution in [-0.4, -0.2) is 24.1 Å². The zero-order valence-electron chi connectivity index (χ0n) is 5.31. The average molecular weight is 131 g/mol. The lowest BCUT2D eigenvalue weighted by molar-refractivity contribution is 0.858. The molecule has 1 unspecified atom stereocenters. The van der Waals surface area contributed by atoms with Crippen molar-refractivity contribution in [1.82, 2.24) is 5.32 Å². The van der Waals surface area contributed by atoms with Gasteiger partial charge in [-0.15, -0.1) is 0 Å². The minimum absolute atomic E-state index is 0.917. The van der Waals surface area contributed by atoms with E-state index in [0.717, 1.165) is 5.25 Å². The summed E-state index contributed by atoms with van der Waals surface area (Å²) in [4.78, 5) is 0. The highest BCUT2D eigenvalue weighted by Crippen LogP contribution is 2.15. The normalized spacial score (nSPS) is 28.9. The van der Waals surface area contributed by atoms with E-state index in [0.29, 0.717) is 0 Å². The fourth-order valence-electron chi connectivity index (χ4n) is 1.01. The second-order valence-corrected chi connectivity index (χ2v) is 3.65. The van der Waals surface area contributed by atoms with Crippen LogP contribution >= 0.6 is 11.8 Å².